The SMILES string of the molecule is CCOC(=O)CN(C)C(=O)NC[C@H](O)C(=O)O. The minimum absolute atomic E-state index is 0.214. The van der Waals surface area contributed by atoms with Crippen LogP contribution in [0.1, 0.15) is 6.92 Å². The number of urea groups is 1. The third kappa shape index (κ3) is 6.36. The van der Waals surface area contributed by atoms with Gasteiger partial charge in [-0.05, 0) is 6.92 Å². The molecule has 0 aromatic heterocycles. The Labute approximate surface area is 98.2 Å². The van der Waals surface area contributed by atoms with Gasteiger partial charge >= 0.3 is 18.0 Å². The lowest BCUT2D eigenvalue weighted by atomic mass is 10.3. The number of rotatable bonds is 6. The number of amides is 2. The number of aliphatic hydroxyl groups is 1. The van der Waals surface area contributed by atoms with Gasteiger partial charge in [0.05, 0.1) is 13.2 Å². The Bertz CT molecular complexity index is 293. The van der Waals surface area contributed by atoms with E-state index in [9.17, 15) is 14.4 Å². The van der Waals surface area contributed by atoms with Crippen molar-refractivity contribution in [3.8, 4) is 0 Å². The third-order valence-corrected chi connectivity index (χ3v) is 1.75. The molecule has 0 aromatic carbocycles. The van der Waals surface area contributed by atoms with Crippen LogP contribution in [0.3, 0.4) is 0 Å². The Morgan fingerprint density at radius 1 is 1.41 bits per heavy atom. The first-order valence-corrected chi connectivity index (χ1v) is 4.94. The lowest BCUT2D eigenvalue weighted by molar-refractivity contribution is -0.146. The van der Waals surface area contributed by atoms with Crippen LogP contribution < -0.4 is 5.32 Å². The fourth-order valence-corrected chi connectivity index (χ4v) is 0.878. The molecule has 0 bridgehead atoms. The van der Waals surface area contributed by atoms with Gasteiger partial charge in [0.1, 0.15) is 6.54 Å². The Hall–Kier alpha value is -1.83. The van der Waals surface area contributed by atoms with Crippen LogP contribution >= 0.6 is 0 Å². The number of aliphatic hydroxyl groups excluding tert-OH is 1. The Morgan fingerprint density at radius 3 is 2.47 bits per heavy atom. The average Bonchev–Trinajstić information content (AvgIpc) is 2.25. The number of carbonyl (C=O) groups excluding carboxylic acids is 2. The summed E-state index contributed by atoms with van der Waals surface area (Å²) in [6.45, 7) is 1.18. The van der Waals surface area contributed by atoms with E-state index in [0.717, 1.165) is 4.90 Å². The molecule has 17 heavy (non-hydrogen) atoms. The molecular formula is C9H16N2O6. The Kier molecular flexibility index (Phi) is 6.64. The summed E-state index contributed by atoms with van der Waals surface area (Å²) >= 11 is 0. The number of likely N-dealkylation sites (N-methyl/N-ethyl adjacent to an activating group) is 1. The molecular weight excluding hydrogens is 232 g/mol. The second-order valence-electron chi connectivity index (χ2n) is 3.20. The van der Waals surface area contributed by atoms with Crippen LogP contribution in [0.4, 0.5) is 4.79 Å². The number of hydrogen-bond donors (Lipinski definition) is 3. The molecule has 0 saturated heterocycles. The molecule has 0 aliphatic rings. The lowest BCUT2D eigenvalue weighted by Gasteiger charge is -2.17. The Balaban J connectivity index is 3.97. The van der Waals surface area contributed by atoms with E-state index in [1.807, 2.05) is 0 Å². The predicted molar refractivity (Wildman–Crippen MR) is 56.3 cm³/mol. The van der Waals surface area contributed by atoms with Gasteiger partial charge in [0.15, 0.2) is 6.10 Å². The highest BCUT2D eigenvalue weighted by Gasteiger charge is 2.17. The van der Waals surface area contributed by atoms with Crippen molar-refractivity contribution in [3.63, 3.8) is 0 Å². The number of esters is 1. The van der Waals surface area contributed by atoms with Crippen molar-refractivity contribution in [1.29, 1.82) is 0 Å². The van der Waals surface area contributed by atoms with Crippen molar-refractivity contribution in [1.82, 2.24) is 10.2 Å². The molecule has 8 nitrogen and oxygen atoms in total. The van der Waals surface area contributed by atoms with Gasteiger partial charge in [-0.15, -0.1) is 0 Å². The number of ether oxygens (including phenoxy) is 1. The number of carbonyl (C=O) groups is 3. The van der Waals surface area contributed by atoms with Crippen LogP contribution in [-0.4, -0.2) is 65.9 Å². The highest BCUT2D eigenvalue weighted by atomic mass is 16.5. The van der Waals surface area contributed by atoms with E-state index in [1.54, 1.807) is 6.92 Å². The summed E-state index contributed by atoms with van der Waals surface area (Å²) in [4.78, 5) is 33.6. The zero-order valence-electron chi connectivity index (χ0n) is 9.67. The molecule has 1 atom stereocenters. The number of carboxylic acid groups (broad SMARTS) is 1. The minimum Gasteiger partial charge on any atom is -0.479 e. The van der Waals surface area contributed by atoms with Crippen LogP contribution in [0, 0.1) is 0 Å². The van der Waals surface area contributed by atoms with Crippen LogP contribution in [0.15, 0.2) is 0 Å². The number of carboxylic acids is 1. The summed E-state index contributed by atoms with van der Waals surface area (Å²) in [5.74, 6) is -2.00. The molecule has 98 valence electrons. The highest BCUT2D eigenvalue weighted by molar-refractivity contribution is 5.81. The largest absolute Gasteiger partial charge is 0.479 e. The second-order valence-corrected chi connectivity index (χ2v) is 3.20. The first kappa shape index (κ1) is 15.2. The fourth-order valence-electron chi connectivity index (χ4n) is 0.878. The van der Waals surface area contributed by atoms with E-state index >= 15 is 0 Å². The first-order chi connectivity index (χ1) is 7.88. The van der Waals surface area contributed by atoms with E-state index in [4.69, 9.17) is 10.2 Å². The molecule has 0 aliphatic heterocycles. The molecule has 8 heteroatoms. The molecule has 0 radical (unpaired) electrons. The molecule has 0 aliphatic carbocycles. The molecule has 0 heterocycles. The van der Waals surface area contributed by atoms with Crippen molar-refractivity contribution in [2.24, 2.45) is 0 Å². The van der Waals surface area contributed by atoms with E-state index in [0.29, 0.717) is 0 Å². The molecule has 0 aromatic rings. The summed E-state index contributed by atoms with van der Waals surface area (Å²) in [6, 6.07) is -0.668. The predicted octanol–water partition coefficient (Wildman–Crippen LogP) is -1.36. The molecule has 3 N–H and O–H groups in total. The fraction of sp³-hybridized carbons (Fsp3) is 0.667. The summed E-state index contributed by atoms with van der Waals surface area (Å²) in [5.41, 5.74) is 0. The Morgan fingerprint density at radius 2 is 2.00 bits per heavy atom. The second kappa shape index (κ2) is 7.44. The zero-order chi connectivity index (χ0) is 13.4. The minimum atomic E-state index is -1.67. The van der Waals surface area contributed by atoms with Gasteiger partial charge in [0.2, 0.25) is 0 Å². The van der Waals surface area contributed by atoms with Crippen molar-refractivity contribution in [3.05, 3.63) is 0 Å². The standard InChI is InChI=1S/C9H16N2O6/c1-3-17-7(13)5-11(2)9(16)10-4-6(12)8(14)15/h6,12H,3-5H2,1-2H3,(H,10,16)(H,14,15)/t6-/m0/s1. The maximum Gasteiger partial charge on any atom is 0.334 e. The topological polar surface area (TPSA) is 116 Å². The van der Waals surface area contributed by atoms with Gasteiger partial charge in [-0.1, -0.05) is 0 Å². The average molecular weight is 248 g/mol. The summed E-state index contributed by atoms with van der Waals surface area (Å²) in [6.07, 6.45) is -1.67. The van der Waals surface area contributed by atoms with Gasteiger partial charge in [0, 0.05) is 7.05 Å². The maximum atomic E-state index is 11.3. The van der Waals surface area contributed by atoms with E-state index < -0.39 is 30.6 Å². The van der Waals surface area contributed by atoms with E-state index in [1.165, 1.54) is 7.05 Å². The highest BCUT2D eigenvalue weighted by Crippen LogP contribution is 1.88. The number of nitrogens with one attached hydrogen (secondary N) is 1. The van der Waals surface area contributed by atoms with Crippen molar-refractivity contribution < 1.29 is 29.3 Å². The smallest absolute Gasteiger partial charge is 0.334 e. The molecule has 0 unspecified atom stereocenters. The first-order valence-electron chi connectivity index (χ1n) is 4.94. The summed E-state index contributed by atoms with van der Waals surface area (Å²) < 4.78 is 4.62. The van der Waals surface area contributed by atoms with Crippen LogP contribution in [0.2, 0.25) is 0 Å². The van der Waals surface area contributed by atoms with Gasteiger partial charge < -0.3 is 25.2 Å². The normalized spacial score (nSPS) is 11.5. The van der Waals surface area contributed by atoms with Crippen molar-refractivity contribution >= 4 is 18.0 Å². The van der Waals surface area contributed by atoms with Gasteiger partial charge in [0.25, 0.3) is 0 Å². The molecule has 0 saturated carbocycles. The number of nitrogens with zero attached hydrogens (tertiary/aromatic N) is 1. The summed E-state index contributed by atoms with van der Waals surface area (Å²) in [5, 5.41) is 19.4. The molecule has 2 amide bonds. The van der Waals surface area contributed by atoms with Crippen LogP contribution in [-0.2, 0) is 14.3 Å². The summed E-state index contributed by atoms with van der Waals surface area (Å²) in [7, 11) is 1.35. The molecule has 0 fully saturated rings. The number of aliphatic carboxylic acids is 1. The lowest BCUT2D eigenvalue weighted by Crippen LogP contribution is -2.44. The van der Waals surface area contributed by atoms with E-state index in [-0.39, 0.29) is 13.2 Å². The monoisotopic (exact) mass is 248 g/mol. The van der Waals surface area contributed by atoms with Crippen LogP contribution in [0.5, 0.6) is 0 Å². The van der Waals surface area contributed by atoms with Gasteiger partial charge in [-0.2, -0.15) is 0 Å². The zero-order valence-corrected chi connectivity index (χ0v) is 9.67. The molecule has 0 spiro atoms. The maximum absolute atomic E-state index is 11.3. The van der Waals surface area contributed by atoms with Crippen molar-refractivity contribution in [2.45, 2.75) is 13.0 Å². The van der Waals surface area contributed by atoms with Crippen LogP contribution in [0.25, 0.3) is 0 Å². The van der Waals surface area contributed by atoms with Crippen molar-refractivity contribution in [2.75, 3.05) is 26.7 Å². The molecule has 0 rings (SSSR count). The quantitative estimate of drug-likeness (QED) is 0.500. The third-order valence-electron chi connectivity index (χ3n) is 1.75. The van der Waals surface area contributed by atoms with Gasteiger partial charge in [-0.25, -0.2) is 9.59 Å². The van der Waals surface area contributed by atoms with Gasteiger partial charge in [-0.3, -0.25) is 4.79 Å². The van der Waals surface area contributed by atoms with E-state index in [2.05, 4.69) is 10.1 Å². The number of hydrogen-bond acceptors (Lipinski definition) is 5.